The predicted molar refractivity (Wildman–Crippen MR) is 119 cm³/mol. The van der Waals surface area contributed by atoms with E-state index < -0.39 is 5.66 Å². The van der Waals surface area contributed by atoms with Crippen molar-refractivity contribution in [2.45, 2.75) is 24.9 Å². The standard InChI is InChI=1S/C24H27ClN2O3/c1-3-30-23(28)22-21(17-6-10-20(29-2)11-7-17)14-18(15-24(22)26-12-13-27-24)16-4-8-19(25)9-5-16/h4-11,15,21-22,26-27H,3,12-14H2,1-2H3. The number of methoxy groups -OCH3 is 1. The van der Waals surface area contributed by atoms with Gasteiger partial charge in [0.1, 0.15) is 11.4 Å². The van der Waals surface area contributed by atoms with E-state index in [-0.39, 0.29) is 17.8 Å². The zero-order valence-electron chi connectivity index (χ0n) is 17.3. The summed E-state index contributed by atoms with van der Waals surface area (Å²) in [6.45, 7) is 3.78. The van der Waals surface area contributed by atoms with Crippen molar-refractivity contribution in [1.82, 2.24) is 10.6 Å². The number of hydrogen-bond acceptors (Lipinski definition) is 5. The monoisotopic (exact) mass is 426 g/mol. The molecule has 158 valence electrons. The van der Waals surface area contributed by atoms with E-state index in [0.29, 0.717) is 11.6 Å². The van der Waals surface area contributed by atoms with Gasteiger partial charge in [-0.1, -0.05) is 35.9 Å². The summed E-state index contributed by atoms with van der Waals surface area (Å²) in [7, 11) is 1.65. The summed E-state index contributed by atoms with van der Waals surface area (Å²) in [5.41, 5.74) is 2.72. The van der Waals surface area contributed by atoms with E-state index in [1.807, 2.05) is 55.5 Å². The lowest BCUT2D eigenvalue weighted by Crippen LogP contribution is -2.60. The Kier molecular flexibility index (Phi) is 6.14. The molecule has 0 amide bonds. The molecule has 0 saturated carbocycles. The number of ether oxygens (including phenoxy) is 2. The normalized spacial score (nSPS) is 22.6. The first-order chi connectivity index (χ1) is 14.6. The maximum absolute atomic E-state index is 13.2. The molecule has 1 aliphatic carbocycles. The maximum atomic E-state index is 13.2. The highest BCUT2D eigenvalue weighted by atomic mass is 35.5. The number of rotatable bonds is 5. The molecule has 1 saturated heterocycles. The molecule has 1 heterocycles. The van der Waals surface area contributed by atoms with Crippen molar-refractivity contribution in [3.8, 4) is 5.75 Å². The summed E-state index contributed by atoms with van der Waals surface area (Å²) in [5, 5.41) is 7.82. The first-order valence-electron chi connectivity index (χ1n) is 10.3. The quantitative estimate of drug-likeness (QED) is 0.708. The van der Waals surface area contributed by atoms with Crippen molar-refractivity contribution in [3.63, 3.8) is 0 Å². The SMILES string of the molecule is CCOC(=O)C1C(c2ccc(OC)cc2)CC(c2ccc(Cl)cc2)=CC12NCCN2. The fraction of sp³-hybridized carbons (Fsp3) is 0.375. The molecule has 0 radical (unpaired) electrons. The Hall–Kier alpha value is -2.34. The van der Waals surface area contributed by atoms with Crippen LogP contribution in [0.5, 0.6) is 5.75 Å². The number of halogens is 1. The molecule has 1 spiro atoms. The Balaban J connectivity index is 1.81. The van der Waals surface area contributed by atoms with Crippen LogP contribution < -0.4 is 15.4 Å². The lowest BCUT2D eigenvalue weighted by atomic mass is 9.69. The van der Waals surface area contributed by atoms with Gasteiger partial charge in [0.15, 0.2) is 0 Å². The lowest BCUT2D eigenvalue weighted by molar-refractivity contribution is -0.151. The molecule has 1 fully saturated rings. The largest absolute Gasteiger partial charge is 0.497 e. The van der Waals surface area contributed by atoms with E-state index in [4.69, 9.17) is 21.1 Å². The summed E-state index contributed by atoms with van der Waals surface area (Å²) in [5.74, 6) is 0.169. The average Bonchev–Trinajstić information content (AvgIpc) is 3.22. The Labute approximate surface area is 182 Å². The predicted octanol–water partition coefficient (Wildman–Crippen LogP) is 3.99. The van der Waals surface area contributed by atoms with E-state index in [0.717, 1.165) is 36.4 Å². The fourth-order valence-corrected chi connectivity index (χ4v) is 4.75. The van der Waals surface area contributed by atoms with Crippen LogP contribution in [0.25, 0.3) is 5.57 Å². The average molecular weight is 427 g/mol. The number of benzene rings is 2. The first-order valence-corrected chi connectivity index (χ1v) is 10.7. The van der Waals surface area contributed by atoms with E-state index in [9.17, 15) is 4.79 Å². The number of hydrogen-bond donors (Lipinski definition) is 2. The minimum Gasteiger partial charge on any atom is -0.497 e. The minimum atomic E-state index is -0.649. The van der Waals surface area contributed by atoms with E-state index >= 15 is 0 Å². The van der Waals surface area contributed by atoms with E-state index in [1.54, 1.807) is 7.11 Å². The molecule has 2 aliphatic rings. The minimum absolute atomic E-state index is 0.0521. The van der Waals surface area contributed by atoms with Gasteiger partial charge in [0, 0.05) is 24.0 Å². The lowest BCUT2D eigenvalue weighted by Gasteiger charge is -2.43. The van der Waals surface area contributed by atoms with Gasteiger partial charge in [0.2, 0.25) is 0 Å². The van der Waals surface area contributed by atoms with Gasteiger partial charge in [-0.25, -0.2) is 0 Å². The zero-order chi connectivity index (χ0) is 21.1. The maximum Gasteiger partial charge on any atom is 0.313 e. The van der Waals surface area contributed by atoms with Crippen LogP contribution >= 0.6 is 11.6 Å². The van der Waals surface area contributed by atoms with Crippen LogP contribution in [0.1, 0.15) is 30.4 Å². The molecule has 5 nitrogen and oxygen atoms in total. The molecule has 1 aliphatic heterocycles. The molecule has 4 rings (SSSR count). The third-order valence-corrected chi connectivity index (χ3v) is 6.25. The smallest absolute Gasteiger partial charge is 0.313 e. The van der Waals surface area contributed by atoms with Crippen LogP contribution in [0.4, 0.5) is 0 Å². The Morgan fingerprint density at radius 3 is 2.37 bits per heavy atom. The molecular weight excluding hydrogens is 400 g/mol. The summed E-state index contributed by atoms with van der Waals surface area (Å²) >= 11 is 6.11. The highest BCUT2D eigenvalue weighted by Gasteiger charge is 2.51. The fourth-order valence-electron chi connectivity index (χ4n) is 4.63. The number of nitrogens with one attached hydrogen (secondary N) is 2. The second-order valence-corrected chi connectivity index (χ2v) is 8.15. The van der Waals surface area contributed by atoms with Crippen molar-refractivity contribution in [2.75, 3.05) is 26.8 Å². The van der Waals surface area contributed by atoms with Gasteiger partial charge in [-0.05, 0) is 60.4 Å². The third-order valence-electron chi connectivity index (χ3n) is 5.99. The summed E-state index contributed by atoms with van der Waals surface area (Å²) < 4.78 is 10.9. The molecule has 2 unspecified atom stereocenters. The molecule has 2 aromatic rings. The van der Waals surface area contributed by atoms with Crippen molar-refractivity contribution < 1.29 is 14.3 Å². The molecule has 2 atom stereocenters. The van der Waals surface area contributed by atoms with Crippen molar-refractivity contribution in [3.05, 3.63) is 70.8 Å². The summed E-state index contributed by atoms with van der Waals surface area (Å²) in [4.78, 5) is 13.2. The van der Waals surface area contributed by atoms with E-state index in [2.05, 4.69) is 16.7 Å². The van der Waals surface area contributed by atoms with Crippen LogP contribution in [0.3, 0.4) is 0 Å². The van der Waals surface area contributed by atoms with Crippen LogP contribution in [0.15, 0.2) is 54.6 Å². The van der Waals surface area contributed by atoms with Crippen molar-refractivity contribution in [1.29, 1.82) is 0 Å². The number of allylic oxidation sites excluding steroid dienone is 1. The molecule has 6 heteroatoms. The topological polar surface area (TPSA) is 59.6 Å². The molecule has 30 heavy (non-hydrogen) atoms. The Bertz CT molecular complexity index is 918. The Morgan fingerprint density at radius 2 is 1.77 bits per heavy atom. The second kappa shape index (κ2) is 8.80. The van der Waals surface area contributed by atoms with Gasteiger partial charge in [0.05, 0.1) is 19.6 Å². The van der Waals surface area contributed by atoms with Crippen molar-refractivity contribution >= 4 is 23.1 Å². The molecule has 0 bridgehead atoms. The highest BCUT2D eigenvalue weighted by molar-refractivity contribution is 6.30. The molecular formula is C24H27ClN2O3. The number of esters is 1. The molecule has 0 aromatic heterocycles. The first kappa shape index (κ1) is 20.9. The highest BCUT2D eigenvalue weighted by Crippen LogP contribution is 2.46. The van der Waals surface area contributed by atoms with Crippen LogP contribution in [0.2, 0.25) is 5.02 Å². The van der Waals surface area contributed by atoms with Gasteiger partial charge in [-0.3, -0.25) is 15.4 Å². The van der Waals surface area contributed by atoms with Crippen LogP contribution in [0, 0.1) is 5.92 Å². The number of carbonyl (C=O) groups excluding carboxylic acids is 1. The van der Waals surface area contributed by atoms with Gasteiger partial charge in [-0.2, -0.15) is 0 Å². The van der Waals surface area contributed by atoms with Gasteiger partial charge in [-0.15, -0.1) is 0 Å². The zero-order valence-corrected chi connectivity index (χ0v) is 18.0. The summed E-state index contributed by atoms with van der Waals surface area (Å²) in [6, 6.07) is 15.9. The van der Waals surface area contributed by atoms with Gasteiger partial charge < -0.3 is 9.47 Å². The molecule has 2 aromatic carbocycles. The summed E-state index contributed by atoms with van der Waals surface area (Å²) in [6.07, 6.45) is 2.90. The van der Waals surface area contributed by atoms with Crippen LogP contribution in [-0.2, 0) is 9.53 Å². The van der Waals surface area contributed by atoms with E-state index in [1.165, 1.54) is 5.57 Å². The second-order valence-electron chi connectivity index (χ2n) is 7.71. The van der Waals surface area contributed by atoms with Crippen molar-refractivity contribution in [2.24, 2.45) is 5.92 Å². The Morgan fingerprint density at radius 1 is 1.10 bits per heavy atom. The van der Waals surface area contributed by atoms with Crippen LogP contribution in [-0.4, -0.2) is 38.4 Å². The third kappa shape index (κ3) is 3.97. The molecule has 2 N–H and O–H groups in total. The van der Waals surface area contributed by atoms with Gasteiger partial charge in [0.25, 0.3) is 0 Å². The van der Waals surface area contributed by atoms with Gasteiger partial charge >= 0.3 is 5.97 Å². The number of carbonyl (C=O) groups is 1.